The van der Waals surface area contributed by atoms with Crippen molar-refractivity contribution < 1.29 is 4.79 Å². The number of carbonyl (C=O) groups is 1. The number of likely N-dealkylation sites (tertiary alicyclic amines) is 1. The summed E-state index contributed by atoms with van der Waals surface area (Å²) in [6.45, 7) is 2.45. The molecule has 1 N–H and O–H groups in total. The number of nitrogens with one attached hydrogen (secondary N) is 1. The lowest BCUT2D eigenvalue weighted by atomic mass is 9.93. The molecule has 0 atom stereocenters. The Bertz CT molecular complexity index is 1080. The number of hydrogen-bond donors (Lipinski definition) is 1. The van der Waals surface area contributed by atoms with Crippen molar-refractivity contribution in [3.05, 3.63) is 72.6 Å². The Morgan fingerprint density at radius 2 is 1.71 bits per heavy atom. The van der Waals surface area contributed by atoms with E-state index in [2.05, 4.69) is 76.4 Å². The molecule has 4 nitrogen and oxygen atoms in total. The number of nitrogens with zero attached hydrogens (tertiary/aromatic N) is 2. The van der Waals surface area contributed by atoms with E-state index in [1.807, 2.05) is 4.90 Å². The highest BCUT2D eigenvalue weighted by atomic mass is 16.2. The molecule has 0 radical (unpaired) electrons. The standard InChI is InChI=1S/C24H25N3O/c28-24(12-16-26-13-11-19-5-2-4-8-23(19)26)27-14-9-18(10-15-27)22-17-20-6-1-3-7-21(20)25-22/h1-8,11,13,17-18,25H,9-10,12,14-16H2. The lowest BCUT2D eigenvalue weighted by Crippen LogP contribution is -2.38. The van der Waals surface area contributed by atoms with Gasteiger partial charge in [-0.15, -0.1) is 0 Å². The van der Waals surface area contributed by atoms with Gasteiger partial charge in [0.25, 0.3) is 0 Å². The van der Waals surface area contributed by atoms with Crippen LogP contribution >= 0.6 is 0 Å². The van der Waals surface area contributed by atoms with Gasteiger partial charge in [0.05, 0.1) is 0 Å². The second kappa shape index (κ2) is 7.19. The minimum Gasteiger partial charge on any atom is -0.358 e. The number of rotatable bonds is 4. The smallest absolute Gasteiger partial charge is 0.224 e. The van der Waals surface area contributed by atoms with Crippen LogP contribution in [0.25, 0.3) is 21.8 Å². The van der Waals surface area contributed by atoms with Gasteiger partial charge < -0.3 is 14.5 Å². The van der Waals surface area contributed by atoms with E-state index in [9.17, 15) is 4.79 Å². The molecule has 1 aliphatic rings. The first-order valence-electron chi connectivity index (χ1n) is 10.2. The Morgan fingerprint density at radius 3 is 2.54 bits per heavy atom. The van der Waals surface area contributed by atoms with E-state index < -0.39 is 0 Å². The summed E-state index contributed by atoms with van der Waals surface area (Å²) >= 11 is 0. The maximum Gasteiger partial charge on any atom is 0.224 e. The van der Waals surface area contributed by atoms with Crippen LogP contribution in [0, 0.1) is 0 Å². The van der Waals surface area contributed by atoms with Crippen LogP contribution in [0.15, 0.2) is 66.9 Å². The first kappa shape index (κ1) is 17.1. The molecule has 0 aliphatic carbocycles. The number of benzene rings is 2. The number of H-pyrrole nitrogens is 1. The molecular weight excluding hydrogens is 346 g/mol. The first-order chi connectivity index (χ1) is 13.8. The fraction of sp³-hybridized carbons (Fsp3) is 0.292. The number of aryl methyl sites for hydroxylation is 1. The highest BCUT2D eigenvalue weighted by Gasteiger charge is 2.24. The molecule has 0 saturated carbocycles. The topological polar surface area (TPSA) is 41.0 Å². The molecule has 4 aromatic rings. The average Bonchev–Trinajstić information content (AvgIpc) is 3.36. The van der Waals surface area contributed by atoms with Gasteiger partial charge in [0, 0.05) is 54.9 Å². The highest BCUT2D eigenvalue weighted by molar-refractivity contribution is 5.81. The molecule has 1 saturated heterocycles. The number of para-hydroxylation sites is 2. The van der Waals surface area contributed by atoms with E-state index in [0.717, 1.165) is 32.5 Å². The van der Waals surface area contributed by atoms with Crippen LogP contribution < -0.4 is 0 Å². The van der Waals surface area contributed by atoms with Crippen molar-refractivity contribution in [3.8, 4) is 0 Å². The summed E-state index contributed by atoms with van der Waals surface area (Å²) in [7, 11) is 0. The van der Waals surface area contributed by atoms with E-state index in [0.29, 0.717) is 12.3 Å². The molecule has 0 spiro atoms. The molecule has 0 bridgehead atoms. The van der Waals surface area contributed by atoms with Crippen LogP contribution in [-0.2, 0) is 11.3 Å². The average molecular weight is 371 g/mol. The Labute approximate surface area is 164 Å². The van der Waals surface area contributed by atoms with E-state index in [-0.39, 0.29) is 5.91 Å². The summed E-state index contributed by atoms with van der Waals surface area (Å²) < 4.78 is 2.18. The molecule has 3 heterocycles. The molecule has 5 rings (SSSR count). The molecule has 28 heavy (non-hydrogen) atoms. The fourth-order valence-corrected chi connectivity index (χ4v) is 4.47. The summed E-state index contributed by atoms with van der Waals surface area (Å²) in [6, 6.07) is 21.1. The molecule has 0 unspecified atom stereocenters. The Kier molecular flexibility index (Phi) is 4.40. The third-order valence-corrected chi connectivity index (χ3v) is 6.09. The summed E-state index contributed by atoms with van der Waals surface area (Å²) in [4.78, 5) is 18.3. The van der Waals surface area contributed by atoms with Crippen LogP contribution in [0.1, 0.15) is 30.9 Å². The zero-order chi connectivity index (χ0) is 18.9. The number of fused-ring (bicyclic) bond motifs is 2. The van der Waals surface area contributed by atoms with E-state index in [1.165, 1.54) is 27.5 Å². The number of hydrogen-bond acceptors (Lipinski definition) is 1. The van der Waals surface area contributed by atoms with Gasteiger partial charge in [-0.3, -0.25) is 4.79 Å². The zero-order valence-corrected chi connectivity index (χ0v) is 16.0. The maximum atomic E-state index is 12.7. The van der Waals surface area contributed by atoms with Crippen molar-refractivity contribution in [2.45, 2.75) is 31.7 Å². The summed E-state index contributed by atoms with van der Waals surface area (Å²) in [5.41, 5.74) is 3.72. The largest absolute Gasteiger partial charge is 0.358 e. The van der Waals surface area contributed by atoms with E-state index in [1.54, 1.807) is 0 Å². The minimum absolute atomic E-state index is 0.271. The van der Waals surface area contributed by atoms with E-state index >= 15 is 0 Å². The van der Waals surface area contributed by atoms with Crippen LogP contribution in [0.3, 0.4) is 0 Å². The Morgan fingerprint density at radius 1 is 0.964 bits per heavy atom. The number of amides is 1. The minimum atomic E-state index is 0.271. The van der Waals surface area contributed by atoms with Crippen molar-refractivity contribution in [2.24, 2.45) is 0 Å². The van der Waals surface area contributed by atoms with Crippen molar-refractivity contribution in [2.75, 3.05) is 13.1 Å². The highest BCUT2D eigenvalue weighted by Crippen LogP contribution is 2.30. The Balaban J connectivity index is 1.19. The lowest BCUT2D eigenvalue weighted by Gasteiger charge is -2.31. The molecule has 4 heteroatoms. The monoisotopic (exact) mass is 371 g/mol. The molecule has 1 aliphatic heterocycles. The van der Waals surface area contributed by atoms with Crippen molar-refractivity contribution in [1.29, 1.82) is 0 Å². The lowest BCUT2D eigenvalue weighted by molar-refractivity contribution is -0.132. The second-order valence-corrected chi connectivity index (χ2v) is 7.78. The third kappa shape index (κ3) is 3.19. The SMILES string of the molecule is O=C(CCn1ccc2ccccc21)N1CCC(c2cc3ccccc3[nH]2)CC1. The van der Waals surface area contributed by atoms with Gasteiger partial charge >= 0.3 is 0 Å². The van der Waals surface area contributed by atoms with Crippen LogP contribution in [0.4, 0.5) is 0 Å². The molecular formula is C24H25N3O. The second-order valence-electron chi connectivity index (χ2n) is 7.78. The maximum absolute atomic E-state index is 12.7. The number of carbonyl (C=O) groups excluding carboxylic acids is 1. The summed E-state index contributed by atoms with van der Waals surface area (Å²) in [5.74, 6) is 0.790. The molecule has 2 aromatic carbocycles. The summed E-state index contributed by atoms with van der Waals surface area (Å²) in [5, 5.41) is 2.50. The van der Waals surface area contributed by atoms with Crippen molar-refractivity contribution >= 4 is 27.7 Å². The number of piperidine rings is 1. The van der Waals surface area contributed by atoms with Crippen LogP contribution in [-0.4, -0.2) is 33.4 Å². The van der Waals surface area contributed by atoms with Gasteiger partial charge in [-0.2, -0.15) is 0 Å². The zero-order valence-electron chi connectivity index (χ0n) is 16.0. The quantitative estimate of drug-likeness (QED) is 0.543. The first-order valence-corrected chi connectivity index (χ1v) is 10.2. The van der Waals surface area contributed by atoms with Gasteiger partial charge in [-0.05, 0) is 47.9 Å². The predicted octanol–water partition coefficient (Wildman–Crippen LogP) is 4.92. The van der Waals surface area contributed by atoms with Crippen LogP contribution in [0.2, 0.25) is 0 Å². The summed E-state index contributed by atoms with van der Waals surface area (Å²) in [6.07, 6.45) is 4.71. The van der Waals surface area contributed by atoms with Gasteiger partial charge in [0.1, 0.15) is 0 Å². The predicted molar refractivity (Wildman–Crippen MR) is 113 cm³/mol. The normalized spacial score (nSPS) is 15.5. The molecule has 2 aromatic heterocycles. The number of aromatic amines is 1. The molecule has 1 amide bonds. The van der Waals surface area contributed by atoms with Crippen LogP contribution in [0.5, 0.6) is 0 Å². The van der Waals surface area contributed by atoms with Crippen molar-refractivity contribution in [1.82, 2.24) is 14.5 Å². The fourth-order valence-electron chi connectivity index (χ4n) is 4.47. The van der Waals surface area contributed by atoms with Gasteiger partial charge in [0.2, 0.25) is 5.91 Å². The van der Waals surface area contributed by atoms with Gasteiger partial charge in [-0.25, -0.2) is 0 Å². The van der Waals surface area contributed by atoms with Gasteiger partial charge in [0.15, 0.2) is 0 Å². The van der Waals surface area contributed by atoms with Gasteiger partial charge in [-0.1, -0.05) is 36.4 Å². The molecule has 142 valence electrons. The molecule has 1 fully saturated rings. The third-order valence-electron chi connectivity index (χ3n) is 6.09. The van der Waals surface area contributed by atoms with E-state index in [4.69, 9.17) is 0 Å². The number of aromatic nitrogens is 2. The Hall–Kier alpha value is -3.01. The van der Waals surface area contributed by atoms with Crippen molar-refractivity contribution in [3.63, 3.8) is 0 Å².